The Kier molecular flexibility index (Phi) is 6.83. The molecular weight excluding hydrogens is 434 g/mol. The molecule has 1 aromatic carbocycles. The molecule has 34 heavy (non-hydrogen) atoms. The summed E-state index contributed by atoms with van der Waals surface area (Å²) in [6, 6.07) is 5.86. The first-order chi connectivity index (χ1) is 16.3. The van der Waals surface area contributed by atoms with E-state index < -0.39 is 0 Å². The lowest BCUT2D eigenvalue weighted by Crippen LogP contribution is -2.31. The molecule has 9 nitrogen and oxygen atoms in total. The molecule has 0 bridgehead atoms. The summed E-state index contributed by atoms with van der Waals surface area (Å²) < 4.78 is 11.9. The van der Waals surface area contributed by atoms with Gasteiger partial charge >= 0.3 is 0 Å². The lowest BCUT2D eigenvalue weighted by Gasteiger charge is -2.21. The fourth-order valence-electron chi connectivity index (χ4n) is 4.45. The second-order valence-corrected chi connectivity index (χ2v) is 8.89. The molecule has 0 saturated heterocycles. The number of fused-ring (bicyclic) bond motifs is 1. The van der Waals surface area contributed by atoms with E-state index in [0.29, 0.717) is 35.6 Å². The predicted molar refractivity (Wildman–Crippen MR) is 127 cm³/mol. The van der Waals surface area contributed by atoms with Gasteiger partial charge in [0.15, 0.2) is 0 Å². The normalized spacial score (nSPS) is 13.9. The number of carbonyl (C=O) groups excluding carboxylic acids is 1. The molecule has 4 rings (SSSR count). The van der Waals surface area contributed by atoms with Gasteiger partial charge in [0.2, 0.25) is 0 Å². The molecule has 0 unspecified atom stereocenters. The van der Waals surface area contributed by atoms with Crippen molar-refractivity contribution >= 4 is 5.91 Å². The number of aryl methyl sites for hydroxylation is 4. The number of hydrogen-bond acceptors (Lipinski definition) is 7. The van der Waals surface area contributed by atoms with E-state index >= 15 is 0 Å². The number of benzene rings is 1. The summed E-state index contributed by atoms with van der Waals surface area (Å²) in [7, 11) is 1.47. The van der Waals surface area contributed by atoms with Crippen molar-refractivity contribution in [1.82, 2.24) is 25.1 Å². The van der Waals surface area contributed by atoms with Gasteiger partial charge in [-0.25, -0.2) is 4.63 Å². The molecule has 0 radical (unpaired) electrons. The first-order valence-electron chi connectivity index (χ1n) is 11.4. The van der Waals surface area contributed by atoms with Gasteiger partial charge in [-0.1, -0.05) is 22.4 Å². The van der Waals surface area contributed by atoms with Crippen molar-refractivity contribution in [3.63, 3.8) is 0 Å². The van der Waals surface area contributed by atoms with Gasteiger partial charge in [-0.3, -0.25) is 14.5 Å². The van der Waals surface area contributed by atoms with Crippen LogP contribution in [0.2, 0.25) is 0 Å². The molecule has 3 aromatic rings. The Morgan fingerprint density at radius 1 is 1.06 bits per heavy atom. The Morgan fingerprint density at radius 3 is 2.53 bits per heavy atom. The summed E-state index contributed by atoms with van der Waals surface area (Å²) in [5, 5.41) is 10.4. The topological polar surface area (TPSA) is 102 Å². The molecule has 1 amide bonds. The molecule has 3 heterocycles. The van der Waals surface area contributed by atoms with Crippen molar-refractivity contribution in [3.05, 3.63) is 73.5 Å². The van der Waals surface area contributed by atoms with E-state index in [9.17, 15) is 9.59 Å². The average molecular weight is 466 g/mol. The maximum atomic E-state index is 13.2. The number of ether oxygens (including phenoxy) is 1. The Labute approximate surface area is 198 Å². The lowest BCUT2D eigenvalue weighted by molar-refractivity contribution is 0.0944. The number of nitrogens with zero attached hydrogens (tertiary/aromatic N) is 4. The van der Waals surface area contributed by atoms with E-state index in [1.165, 1.54) is 35.4 Å². The quantitative estimate of drug-likeness (QED) is 0.597. The smallest absolute Gasteiger partial charge is 0.257 e. The van der Waals surface area contributed by atoms with Gasteiger partial charge in [0.05, 0.1) is 13.7 Å². The van der Waals surface area contributed by atoms with Crippen molar-refractivity contribution in [2.24, 2.45) is 0 Å². The Hall–Kier alpha value is -3.46. The first kappa shape index (κ1) is 23.7. The molecule has 0 atom stereocenters. The molecule has 180 valence electrons. The van der Waals surface area contributed by atoms with Gasteiger partial charge in [-0.2, -0.15) is 0 Å². The largest absolute Gasteiger partial charge is 0.496 e. The van der Waals surface area contributed by atoms with Crippen molar-refractivity contribution in [2.75, 3.05) is 20.2 Å². The SMILES string of the molecule is COc1cc(=O)n2c(c1C(=O)NCc1nonc1C)CCN(Cc1cc(C)c(C)cc1C)CC2. The maximum Gasteiger partial charge on any atom is 0.257 e. The third kappa shape index (κ3) is 4.75. The van der Waals surface area contributed by atoms with Crippen LogP contribution in [-0.4, -0.2) is 45.9 Å². The number of pyridine rings is 1. The number of hydrogen-bond donors (Lipinski definition) is 1. The third-order valence-electron chi connectivity index (χ3n) is 6.64. The highest BCUT2D eigenvalue weighted by Gasteiger charge is 2.25. The first-order valence-corrected chi connectivity index (χ1v) is 11.4. The summed E-state index contributed by atoms with van der Waals surface area (Å²) in [6.07, 6.45) is 0.559. The molecule has 1 N–H and O–H groups in total. The number of nitrogens with one attached hydrogen (secondary N) is 1. The fraction of sp³-hybridized carbons (Fsp3) is 0.440. The van der Waals surface area contributed by atoms with Gasteiger partial charge in [0.25, 0.3) is 11.5 Å². The van der Waals surface area contributed by atoms with Crippen molar-refractivity contribution in [3.8, 4) is 5.75 Å². The zero-order valence-electron chi connectivity index (χ0n) is 20.4. The predicted octanol–water partition coefficient (Wildman–Crippen LogP) is 2.46. The van der Waals surface area contributed by atoms with Crippen molar-refractivity contribution in [2.45, 2.75) is 53.8 Å². The number of methoxy groups -OCH3 is 1. The van der Waals surface area contributed by atoms with Crippen LogP contribution in [0.4, 0.5) is 0 Å². The Bertz CT molecular complexity index is 1280. The van der Waals surface area contributed by atoms with Gasteiger partial charge in [-0.05, 0) is 49.9 Å². The highest BCUT2D eigenvalue weighted by Crippen LogP contribution is 2.24. The van der Waals surface area contributed by atoms with Crippen LogP contribution in [0, 0.1) is 27.7 Å². The van der Waals surface area contributed by atoms with Crippen molar-refractivity contribution in [1.29, 1.82) is 0 Å². The van der Waals surface area contributed by atoms with E-state index in [1.54, 1.807) is 11.5 Å². The molecule has 9 heteroatoms. The zero-order chi connectivity index (χ0) is 24.4. The highest BCUT2D eigenvalue weighted by atomic mass is 16.6. The lowest BCUT2D eigenvalue weighted by atomic mass is 10.0. The summed E-state index contributed by atoms with van der Waals surface area (Å²) >= 11 is 0. The molecule has 0 spiro atoms. The monoisotopic (exact) mass is 465 g/mol. The zero-order valence-corrected chi connectivity index (χ0v) is 20.4. The standard InChI is InChI=1S/C25H31N5O4/c1-15-10-17(3)19(11-16(15)2)14-29-7-6-21-24(22(33-5)12-23(31)30(21)9-8-29)25(32)26-13-20-18(4)27-34-28-20/h10-12H,6-9,13-14H2,1-5H3,(H,26,32). The fourth-order valence-corrected chi connectivity index (χ4v) is 4.45. The highest BCUT2D eigenvalue weighted by molar-refractivity contribution is 5.98. The molecule has 0 aliphatic carbocycles. The van der Waals surface area contributed by atoms with Crippen LogP contribution in [0.5, 0.6) is 5.75 Å². The van der Waals surface area contributed by atoms with Crippen LogP contribution >= 0.6 is 0 Å². The van der Waals surface area contributed by atoms with Gasteiger partial charge in [-0.15, -0.1) is 0 Å². The Balaban J connectivity index is 1.58. The summed E-state index contributed by atoms with van der Waals surface area (Å²) in [4.78, 5) is 28.4. The van der Waals surface area contributed by atoms with Crippen LogP contribution < -0.4 is 15.6 Å². The molecule has 0 saturated carbocycles. The average Bonchev–Trinajstić information content (AvgIpc) is 3.10. The van der Waals surface area contributed by atoms with Gasteiger partial charge < -0.3 is 14.6 Å². The van der Waals surface area contributed by atoms with E-state index in [2.05, 4.69) is 53.4 Å². The third-order valence-corrected chi connectivity index (χ3v) is 6.64. The molecule has 1 aliphatic rings. The van der Waals surface area contributed by atoms with E-state index in [-0.39, 0.29) is 23.8 Å². The van der Waals surface area contributed by atoms with Gasteiger partial charge in [0.1, 0.15) is 22.7 Å². The second kappa shape index (κ2) is 9.80. The van der Waals surface area contributed by atoms with Crippen LogP contribution in [0.3, 0.4) is 0 Å². The summed E-state index contributed by atoms with van der Waals surface area (Å²) in [5.74, 6) is -0.0383. The van der Waals surface area contributed by atoms with Crippen LogP contribution in [0.1, 0.15) is 49.7 Å². The molecule has 1 aliphatic heterocycles. The summed E-state index contributed by atoms with van der Waals surface area (Å²) in [6.45, 7) is 11.1. The minimum atomic E-state index is -0.318. The van der Waals surface area contributed by atoms with E-state index in [4.69, 9.17) is 9.37 Å². The number of aromatic nitrogens is 3. The molecule has 0 fully saturated rings. The van der Waals surface area contributed by atoms with E-state index in [1.807, 2.05) is 0 Å². The maximum absolute atomic E-state index is 13.2. The molecular formula is C25H31N5O4. The summed E-state index contributed by atoms with van der Waals surface area (Å²) in [5.41, 5.74) is 7.20. The van der Waals surface area contributed by atoms with Crippen LogP contribution in [0.25, 0.3) is 0 Å². The minimum absolute atomic E-state index is 0.163. The second-order valence-electron chi connectivity index (χ2n) is 8.89. The van der Waals surface area contributed by atoms with E-state index in [0.717, 1.165) is 19.6 Å². The Morgan fingerprint density at radius 2 is 1.82 bits per heavy atom. The number of carbonyl (C=O) groups is 1. The van der Waals surface area contributed by atoms with Gasteiger partial charge in [0, 0.05) is 44.4 Å². The number of amides is 1. The minimum Gasteiger partial charge on any atom is -0.496 e. The molecule has 2 aromatic heterocycles. The van der Waals surface area contributed by atoms with Crippen LogP contribution in [0.15, 0.2) is 27.6 Å². The van der Waals surface area contributed by atoms with Crippen LogP contribution in [-0.2, 0) is 26.1 Å². The van der Waals surface area contributed by atoms with Crippen molar-refractivity contribution < 1.29 is 14.2 Å². The number of rotatable bonds is 6.